The molecule has 0 radical (unpaired) electrons. The summed E-state index contributed by atoms with van der Waals surface area (Å²) >= 11 is 0. The Bertz CT molecular complexity index is 442. The first-order chi connectivity index (χ1) is 9.92. The molecule has 1 N–H and O–H groups in total. The number of nitrogens with one attached hydrogen (secondary N) is 1. The van der Waals surface area contributed by atoms with Gasteiger partial charge in [-0.3, -0.25) is 4.79 Å². The fourth-order valence-electron chi connectivity index (χ4n) is 2.20. The Balaban J connectivity index is 2.56. The van der Waals surface area contributed by atoms with Crippen LogP contribution in [0.1, 0.15) is 45.6 Å². The molecule has 0 aliphatic carbocycles. The summed E-state index contributed by atoms with van der Waals surface area (Å²) in [7, 11) is 1.41. The highest BCUT2D eigenvalue weighted by atomic mass is 16.5. The van der Waals surface area contributed by atoms with Gasteiger partial charge in [0.15, 0.2) is 0 Å². The van der Waals surface area contributed by atoms with Crippen LogP contribution in [-0.2, 0) is 9.53 Å². The minimum atomic E-state index is -0.707. The molecule has 0 fully saturated rings. The van der Waals surface area contributed by atoms with E-state index in [2.05, 4.69) is 31.3 Å². The molecule has 21 heavy (non-hydrogen) atoms. The first-order valence-electron chi connectivity index (χ1n) is 7.49. The molecule has 1 aromatic rings. The van der Waals surface area contributed by atoms with E-state index in [-0.39, 0.29) is 5.97 Å². The van der Waals surface area contributed by atoms with Crippen molar-refractivity contribution in [1.82, 2.24) is 5.32 Å². The van der Waals surface area contributed by atoms with Crippen LogP contribution in [0.25, 0.3) is 0 Å². The van der Waals surface area contributed by atoms with Gasteiger partial charge in [-0.2, -0.15) is 0 Å². The SMILES string of the molecule is CCNC(C)(CCOc1ccc(C(C)C)cc1)C(=O)OC. The molecule has 1 atom stereocenters. The molecule has 0 saturated carbocycles. The van der Waals surface area contributed by atoms with Crippen molar-refractivity contribution in [3.8, 4) is 5.75 Å². The van der Waals surface area contributed by atoms with Gasteiger partial charge < -0.3 is 14.8 Å². The van der Waals surface area contributed by atoms with E-state index in [1.807, 2.05) is 26.0 Å². The summed E-state index contributed by atoms with van der Waals surface area (Å²) in [6.07, 6.45) is 0.555. The summed E-state index contributed by atoms with van der Waals surface area (Å²) in [5.74, 6) is 1.07. The maximum Gasteiger partial charge on any atom is 0.325 e. The number of benzene rings is 1. The van der Waals surface area contributed by atoms with Gasteiger partial charge in [-0.25, -0.2) is 0 Å². The van der Waals surface area contributed by atoms with Crippen molar-refractivity contribution in [2.45, 2.75) is 45.6 Å². The second kappa shape index (κ2) is 8.03. The van der Waals surface area contributed by atoms with E-state index in [4.69, 9.17) is 9.47 Å². The number of ether oxygens (including phenoxy) is 2. The molecule has 0 spiro atoms. The van der Waals surface area contributed by atoms with Gasteiger partial charge in [-0.1, -0.05) is 32.9 Å². The third-order valence-electron chi connectivity index (χ3n) is 3.62. The zero-order valence-electron chi connectivity index (χ0n) is 13.7. The normalized spacial score (nSPS) is 13.8. The van der Waals surface area contributed by atoms with E-state index in [0.717, 1.165) is 5.75 Å². The first kappa shape index (κ1) is 17.5. The Morgan fingerprint density at radius 3 is 2.38 bits per heavy atom. The number of rotatable bonds is 8. The van der Waals surface area contributed by atoms with Crippen molar-refractivity contribution < 1.29 is 14.3 Å². The minimum Gasteiger partial charge on any atom is -0.494 e. The van der Waals surface area contributed by atoms with E-state index in [1.54, 1.807) is 0 Å². The summed E-state index contributed by atoms with van der Waals surface area (Å²) in [4.78, 5) is 11.8. The highest BCUT2D eigenvalue weighted by Gasteiger charge is 2.33. The monoisotopic (exact) mass is 293 g/mol. The fourth-order valence-corrected chi connectivity index (χ4v) is 2.20. The zero-order valence-corrected chi connectivity index (χ0v) is 13.7. The molecule has 4 nitrogen and oxygen atoms in total. The molecular weight excluding hydrogens is 266 g/mol. The van der Waals surface area contributed by atoms with Crippen LogP contribution in [0.3, 0.4) is 0 Å². The molecule has 0 aliphatic heterocycles. The van der Waals surface area contributed by atoms with Crippen LogP contribution in [0.15, 0.2) is 24.3 Å². The van der Waals surface area contributed by atoms with Crippen LogP contribution in [0, 0.1) is 0 Å². The highest BCUT2D eigenvalue weighted by molar-refractivity contribution is 5.80. The quantitative estimate of drug-likeness (QED) is 0.748. The first-order valence-corrected chi connectivity index (χ1v) is 7.49. The Morgan fingerprint density at radius 2 is 1.90 bits per heavy atom. The van der Waals surface area contributed by atoms with Gasteiger partial charge in [0.05, 0.1) is 13.7 Å². The number of esters is 1. The zero-order chi connectivity index (χ0) is 15.9. The molecule has 0 bridgehead atoms. The van der Waals surface area contributed by atoms with E-state index in [9.17, 15) is 4.79 Å². The lowest BCUT2D eigenvalue weighted by atomic mass is 9.98. The second-order valence-corrected chi connectivity index (χ2v) is 5.68. The van der Waals surface area contributed by atoms with Crippen molar-refractivity contribution >= 4 is 5.97 Å². The number of hydrogen-bond donors (Lipinski definition) is 1. The molecule has 1 unspecified atom stereocenters. The Morgan fingerprint density at radius 1 is 1.29 bits per heavy atom. The third-order valence-corrected chi connectivity index (χ3v) is 3.62. The van der Waals surface area contributed by atoms with Crippen LogP contribution >= 0.6 is 0 Å². The summed E-state index contributed by atoms with van der Waals surface area (Å²) in [6.45, 7) is 9.29. The van der Waals surface area contributed by atoms with Gasteiger partial charge in [0.25, 0.3) is 0 Å². The van der Waals surface area contributed by atoms with Gasteiger partial charge in [-0.15, -0.1) is 0 Å². The van der Waals surface area contributed by atoms with E-state index in [1.165, 1.54) is 12.7 Å². The lowest BCUT2D eigenvalue weighted by molar-refractivity contribution is -0.148. The van der Waals surface area contributed by atoms with Gasteiger partial charge in [0.1, 0.15) is 11.3 Å². The second-order valence-electron chi connectivity index (χ2n) is 5.68. The van der Waals surface area contributed by atoms with Crippen molar-refractivity contribution in [3.05, 3.63) is 29.8 Å². The van der Waals surface area contributed by atoms with Crippen LogP contribution < -0.4 is 10.1 Å². The molecule has 0 heterocycles. The van der Waals surface area contributed by atoms with Crippen LogP contribution in [0.4, 0.5) is 0 Å². The average molecular weight is 293 g/mol. The van der Waals surface area contributed by atoms with Crippen molar-refractivity contribution in [3.63, 3.8) is 0 Å². The molecular formula is C17H27NO3. The lowest BCUT2D eigenvalue weighted by Gasteiger charge is -2.27. The van der Waals surface area contributed by atoms with Crippen molar-refractivity contribution in [1.29, 1.82) is 0 Å². The number of carbonyl (C=O) groups excluding carboxylic acids is 1. The summed E-state index contributed by atoms with van der Waals surface area (Å²) in [5.41, 5.74) is 0.580. The van der Waals surface area contributed by atoms with Crippen molar-refractivity contribution in [2.24, 2.45) is 0 Å². The molecule has 0 saturated heterocycles. The molecule has 0 aromatic heterocycles. The third kappa shape index (κ3) is 5.05. The minimum absolute atomic E-state index is 0.261. The standard InChI is InChI=1S/C17H27NO3/c1-6-18-17(4,16(19)20-5)11-12-21-15-9-7-14(8-10-15)13(2)3/h7-10,13,18H,6,11-12H2,1-5H3. The number of carbonyl (C=O) groups is 1. The Labute approximate surface area is 127 Å². The summed E-state index contributed by atoms with van der Waals surface area (Å²) < 4.78 is 10.6. The highest BCUT2D eigenvalue weighted by Crippen LogP contribution is 2.19. The average Bonchev–Trinajstić information content (AvgIpc) is 2.47. The fraction of sp³-hybridized carbons (Fsp3) is 0.588. The molecule has 118 valence electrons. The van der Waals surface area contributed by atoms with Crippen LogP contribution in [0.2, 0.25) is 0 Å². The number of methoxy groups -OCH3 is 1. The van der Waals surface area contributed by atoms with Crippen molar-refractivity contribution in [2.75, 3.05) is 20.3 Å². The maximum atomic E-state index is 11.8. The molecule has 0 aliphatic rings. The van der Waals surface area contributed by atoms with E-state index < -0.39 is 5.54 Å². The molecule has 0 amide bonds. The molecule has 1 rings (SSSR count). The van der Waals surface area contributed by atoms with Gasteiger partial charge in [0, 0.05) is 6.42 Å². The largest absolute Gasteiger partial charge is 0.494 e. The van der Waals surface area contributed by atoms with Crippen LogP contribution in [-0.4, -0.2) is 31.8 Å². The summed E-state index contributed by atoms with van der Waals surface area (Å²) in [5, 5.41) is 3.17. The predicted molar refractivity (Wildman–Crippen MR) is 84.7 cm³/mol. The van der Waals surface area contributed by atoms with Gasteiger partial charge in [0.2, 0.25) is 0 Å². The number of hydrogen-bond acceptors (Lipinski definition) is 4. The maximum absolute atomic E-state index is 11.8. The van der Waals surface area contributed by atoms with Crippen LogP contribution in [0.5, 0.6) is 5.75 Å². The van der Waals surface area contributed by atoms with Gasteiger partial charge >= 0.3 is 5.97 Å². The van der Waals surface area contributed by atoms with E-state index >= 15 is 0 Å². The van der Waals surface area contributed by atoms with Gasteiger partial charge in [-0.05, 0) is 37.1 Å². The molecule has 1 aromatic carbocycles. The smallest absolute Gasteiger partial charge is 0.325 e. The lowest BCUT2D eigenvalue weighted by Crippen LogP contribution is -2.51. The predicted octanol–water partition coefficient (Wildman–Crippen LogP) is 3.12. The number of likely N-dealkylation sites (N-methyl/N-ethyl adjacent to an activating group) is 1. The molecule has 4 heteroatoms. The Hall–Kier alpha value is -1.55. The Kier molecular flexibility index (Phi) is 6.69. The topological polar surface area (TPSA) is 47.6 Å². The summed E-state index contributed by atoms with van der Waals surface area (Å²) in [6, 6.07) is 8.09. The van der Waals surface area contributed by atoms with E-state index in [0.29, 0.717) is 25.5 Å².